The van der Waals surface area contributed by atoms with Crippen molar-refractivity contribution in [2.75, 3.05) is 24.7 Å². The van der Waals surface area contributed by atoms with Gasteiger partial charge in [-0.25, -0.2) is 15.0 Å². The Morgan fingerprint density at radius 1 is 1.16 bits per heavy atom. The van der Waals surface area contributed by atoms with Gasteiger partial charge in [0.25, 0.3) is 0 Å². The molecule has 0 aliphatic heterocycles. The van der Waals surface area contributed by atoms with Crippen LogP contribution in [0.15, 0.2) is 30.5 Å². The molecule has 0 aliphatic carbocycles. The van der Waals surface area contributed by atoms with E-state index < -0.39 is 0 Å². The van der Waals surface area contributed by atoms with Crippen molar-refractivity contribution in [3.8, 4) is 11.4 Å². The van der Waals surface area contributed by atoms with Gasteiger partial charge in [-0.1, -0.05) is 0 Å². The lowest BCUT2D eigenvalue weighted by Crippen LogP contribution is -2.10. The van der Waals surface area contributed by atoms with Gasteiger partial charge in [-0.05, 0) is 24.3 Å². The Labute approximate surface area is 110 Å². The van der Waals surface area contributed by atoms with Gasteiger partial charge < -0.3 is 15.6 Å². The van der Waals surface area contributed by atoms with E-state index in [1.165, 1.54) is 0 Å². The number of nitrogen functional groups attached to an aromatic ring is 1. The van der Waals surface area contributed by atoms with E-state index in [1.807, 2.05) is 37.2 Å². The van der Waals surface area contributed by atoms with Gasteiger partial charge in [-0.15, -0.1) is 0 Å². The molecule has 0 saturated heterocycles. The van der Waals surface area contributed by atoms with Crippen molar-refractivity contribution in [2.24, 2.45) is 0 Å². The molecule has 0 aliphatic rings. The number of imidazole rings is 1. The minimum Gasteiger partial charge on any atom is -0.384 e. The van der Waals surface area contributed by atoms with Gasteiger partial charge in [-0.3, -0.25) is 0 Å². The fourth-order valence-corrected chi connectivity index (χ4v) is 1.86. The molecule has 0 atom stereocenters. The summed E-state index contributed by atoms with van der Waals surface area (Å²) in [6.45, 7) is 0. The summed E-state index contributed by atoms with van der Waals surface area (Å²) in [4.78, 5) is 18.1. The van der Waals surface area contributed by atoms with Crippen molar-refractivity contribution >= 4 is 22.8 Å². The topological polar surface area (TPSA) is 83.7 Å². The van der Waals surface area contributed by atoms with Crippen molar-refractivity contribution in [1.29, 1.82) is 0 Å². The molecule has 6 heteroatoms. The first kappa shape index (κ1) is 11.5. The number of H-pyrrole nitrogens is 1. The van der Waals surface area contributed by atoms with Crippen LogP contribution in [0.2, 0.25) is 0 Å². The molecule has 0 fully saturated rings. The van der Waals surface area contributed by atoms with Crippen LogP contribution in [-0.4, -0.2) is 34.0 Å². The summed E-state index contributed by atoms with van der Waals surface area (Å²) >= 11 is 0. The molecular formula is C13H14N6. The molecule has 0 bridgehead atoms. The molecule has 0 saturated carbocycles. The molecule has 3 N–H and O–H groups in total. The van der Waals surface area contributed by atoms with Crippen LogP contribution in [0, 0.1) is 0 Å². The highest BCUT2D eigenvalue weighted by molar-refractivity contribution is 5.77. The predicted molar refractivity (Wildman–Crippen MR) is 75.9 cm³/mol. The van der Waals surface area contributed by atoms with Crippen molar-refractivity contribution in [2.45, 2.75) is 0 Å². The first-order chi connectivity index (χ1) is 9.13. The Kier molecular flexibility index (Phi) is 2.56. The molecule has 3 heterocycles. The zero-order chi connectivity index (χ0) is 13.4. The lowest BCUT2D eigenvalue weighted by molar-refractivity contribution is 1.08. The summed E-state index contributed by atoms with van der Waals surface area (Å²) in [7, 11) is 3.90. The Bertz CT molecular complexity index is 731. The van der Waals surface area contributed by atoms with Gasteiger partial charge in [0, 0.05) is 25.9 Å². The maximum Gasteiger partial charge on any atom is 0.180 e. The highest BCUT2D eigenvalue weighted by Gasteiger charge is 2.08. The second-order valence-electron chi connectivity index (χ2n) is 4.49. The third-order valence-electron chi connectivity index (χ3n) is 2.84. The summed E-state index contributed by atoms with van der Waals surface area (Å²) in [5.41, 5.74) is 8.17. The number of aromatic amines is 1. The van der Waals surface area contributed by atoms with E-state index in [0.717, 1.165) is 22.7 Å². The summed E-state index contributed by atoms with van der Waals surface area (Å²) in [6.07, 6.45) is 1.66. The number of rotatable bonds is 2. The molecule has 0 amide bonds. The Hall–Kier alpha value is -2.63. The SMILES string of the molecule is CN(C)c1ccc2[nH]c(-c3ccnc(N)c3)nc2n1. The van der Waals surface area contributed by atoms with E-state index in [-0.39, 0.29) is 0 Å². The van der Waals surface area contributed by atoms with Gasteiger partial charge in [0.2, 0.25) is 0 Å². The van der Waals surface area contributed by atoms with Gasteiger partial charge in [0.1, 0.15) is 17.5 Å². The smallest absolute Gasteiger partial charge is 0.180 e. The number of anilines is 2. The number of aromatic nitrogens is 4. The highest BCUT2D eigenvalue weighted by Crippen LogP contribution is 2.21. The van der Waals surface area contributed by atoms with Crippen molar-refractivity contribution in [1.82, 2.24) is 19.9 Å². The second kappa shape index (κ2) is 4.24. The number of hydrogen-bond donors (Lipinski definition) is 2. The number of nitrogens with zero attached hydrogens (tertiary/aromatic N) is 4. The molecule has 96 valence electrons. The normalized spacial score (nSPS) is 10.8. The monoisotopic (exact) mass is 254 g/mol. The Morgan fingerprint density at radius 2 is 2.00 bits per heavy atom. The molecule has 3 rings (SSSR count). The van der Waals surface area contributed by atoms with E-state index in [0.29, 0.717) is 11.5 Å². The van der Waals surface area contributed by atoms with E-state index in [1.54, 1.807) is 12.3 Å². The zero-order valence-electron chi connectivity index (χ0n) is 10.8. The Morgan fingerprint density at radius 3 is 2.74 bits per heavy atom. The van der Waals surface area contributed by atoms with E-state index in [4.69, 9.17) is 5.73 Å². The molecule has 3 aromatic heterocycles. The van der Waals surface area contributed by atoms with Gasteiger partial charge >= 0.3 is 0 Å². The molecule has 0 unspecified atom stereocenters. The second-order valence-corrected chi connectivity index (χ2v) is 4.49. The molecule has 0 aromatic carbocycles. The Balaban J connectivity index is 2.11. The largest absolute Gasteiger partial charge is 0.384 e. The predicted octanol–water partition coefficient (Wildman–Crippen LogP) is 1.67. The third-order valence-corrected chi connectivity index (χ3v) is 2.84. The number of fused-ring (bicyclic) bond motifs is 1. The van der Waals surface area contributed by atoms with Crippen LogP contribution < -0.4 is 10.6 Å². The zero-order valence-corrected chi connectivity index (χ0v) is 10.8. The molecule has 6 nitrogen and oxygen atoms in total. The van der Waals surface area contributed by atoms with Crippen LogP contribution in [0.5, 0.6) is 0 Å². The minimum absolute atomic E-state index is 0.472. The number of hydrogen-bond acceptors (Lipinski definition) is 5. The molecular weight excluding hydrogens is 240 g/mol. The molecule has 0 radical (unpaired) electrons. The lowest BCUT2D eigenvalue weighted by atomic mass is 10.2. The van der Waals surface area contributed by atoms with Crippen LogP contribution in [0.1, 0.15) is 0 Å². The minimum atomic E-state index is 0.472. The van der Waals surface area contributed by atoms with Gasteiger partial charge in [0.05, 0.1) is 5.52 Å². The molecule has 0 spiro atoms. The van der Waals surface area contributed by atoms with Crippen molar-refractivity contribution < 1.29 is 0 Å². The number of pyridine rings is 2. The maximum absolute atomic E-state index is 5.68. The van der Waals surface area contributed by atoms with Crippen LogP contribution in [0.3, 0.4) is 0 Å². The van der Waals surface area contributed by atoms with Crippen LogP contribution in [0.4, 0.5) is 11.6 Å². The number of nitrogens with two attached hydrogens (primary N) is 1. The van der Waals surface area contributed by atoms with E-state index in [9.17, 15) is 0 Å². The van der Waals surface area contributed by atoms with Gasteiger partial charge in [0.15, 0.2) is 5.65 Å². The van der Waals surface area contributed by atoms with E-state index >= 15 is 0 Å². The number of nitrogens with one attached hydrogen (secondary N) is 1. The fraction of sp³-hybridized carbons (Fsp3) is 0.154. The quantitative estimate of drug-likeness (QED) is 0.726. The van der Waals surface area contributed by atoms with Gasteiger partial charge in [-0.2, -0.15) is 0 Å². The first-order valence-corrected chi connectivity index (χ1v) is 5.89. The molecule has 19 heavy (non-hydrogen) atoms. The van der Waals surface area contributed by atoms with Crippen molar-refractivity contribution in [3.05, 3.63) is 30.5 Å². The molecule has 3 aromatic rings. The van der Waals surface area contributed by atoms with Crippen molar-refractivity contribution in [3.63, 3.8) is 0 Å². The third kappa shape index (κ3) is 2.08. The summed E-state index contributed by atoms with van der Waals surface area (Å²) < 4.78 is 0. The summed E-state index contributed by atoms with van der Waals surface area (Å²) in [5.74, 6) is 2.09. The highest BCUT2D eigenvalue weighted by atomic mass is 15.1. The average Bonchev–Trinajstić information content (AvgIpc) is 2.81. The fourth-order valence-electron chi connectivity index (χ4n) is 1.86. The standard InChI is InChI=1S/C13H14N6/c1-19(2)11-4-3-9-13(17-11)18-12(16-9)8-5-6-15-10(14)7-8/h3-7H,1-2H3,(H2,14,15)(H,16,17,18). The average molecular weight is 254 g/mol. The summed E-state index contributed by atoms with van der Waals surface area (Å²) in [6, 6.07) is 7.56. The van der Waals surface area contributed by atoms with Crippen LogP contribution >= 0.6 is 0 Å². The summed E-state index contributed by atoms with van der Waals surface area (Å²) in [5, 5.41) is 0. The maximum atomic E-state index is 5.68. The first-order valence-electron chi connectivity index (χ1n) is 5.89. The van der Waals surface area contributed by atoms with E-state index in [2.05, 4.69) is 19.9 Å². The van der Waals surface area contributed by atoms with Crippen LogP contribution in [-0.2, 0) is 0 Å². The van der Waals surface area contributed by atoms with Crippen LogP contribution in [0.25, 0.3) is 22.6 Å². The lowest BCUT2D eigenvalue weighted by Gasteiger charge is -2.09.